The SMILES string of the molecule is CC(C)(C)c1ccccc1OCc1nnsc1Cl. The molecule has 3 nitrogen and oxygen atoms in total. The van der Waals surface area contributed by atoms with E-state index in [0.717, 1.165) is 5.75 Å². The van der Waals surface area contributed by atoms with Gasteiger partial charge in [-0.15, -0.1) is 5.10 Å². The fourth-order valence-electron chi connectivity index (χ4n) is 1.64. The van der Waals surface area contributed by atoms with Crippen LogP contribution in [0.2, 0.25) is 4.34 Å². The van der Waals surface area contributed by atoms with Crippen LogP contribution in [0.25, 0.3) is 0 Å². The summed E-state index contributed by atoms with van der Waals surface area (Å²) >= 11 is 7.12. The third kappa shape index (κ3) is 3.00. The lowest BCUT2D eigenvalue weighted by atomic mass is 9.86. The summed E-state index contributed by atoms with van der Waals surface area (Å²) in [6.07, 6.45) is 0. The molecule has 5 heteroatoms. The van der Waals surface area contributed by atoms with Gasteiger partial charge in [0.15, 0.2) is 0 Å². The lowest BCUT2D eigenvalue weighted by Gasteiger charge is -2.22. The lowest BCUT2D eigenvalue weighted by Crippen LogP contribution is -2.13. The van der Waals surface area contributed by atoms with Gasteiger partial charge in [0.25, 0.3) is 0 Å². The van der Waals surface area contributed by atoms with Crippen LogP contribution in [-0.2, 0) is 12.0 Å². The van der Waals surface area contributed by atoms with Gasteiger partial charge in [-0.1, -0.05) is 55.1 Å². The molecule has 0 amide bonds. The van der Waals surface area contributed by atoms with Crippen molar-refractivity contribution in [2.45, 2.75) is 32.8 Å². The Morgan fingerprint density at radius 2 is 2.00 bits per heavy atom. The van der Waals surface area contributed by atoms with Gasteiger partial charge in [-0.2, -0.15) is 0 Å². The maximum absolute atomic E-state index is 5.95. The topological polar surface area (TPSA) is 35.0 Å². The molecule has 96 valence electrons. The van der Waals surface area contributed by atoms with Crippen molar-refractivity contribution in [1.29, 1.82) is 0 Å². The minimum atomic E-state index is 0.0424. The van der Waals surface area contributed by atoms with Crippen molar-refractivity contribution in [1.82, 2.24) is 9.59 Å². The Morgan fingerprint density at radius 3 is 2.61 bits per heavy atom. The predicted molar refractivity (Wildman–Crippen MR) is 74.4 cm³/mol. The van der Waals surface area contributed by atoms with E-state index in [1.54, 1.807) is 0 Å². The number of hydrogen-bond acceptors (Lipinski definition) is 4. The Morgan fingerprint density at radius 1 is 1.28 bits per heavy atom. The first kappa shape index (κ1) is 13.3. The standard InChI is InChI=1S/C13H15ClN2OS/c1-13(2,3)9-6-4-5-7-11(9)17-8-10-12(14)18-16-15-10/h4-7H,8H2,1-3H3. The Hall–Kier alpha value is -1.13. The van der Waals surface area contributed by atoms with Crippen LogP contribution >= 0.6 is 23.1 Å². The predicted octanol–water partition coefficient (Wildman–Crippen LogP) is 4.07. The highest BCUT2D eigenvalue weighted by atomic mass is 35.5. The molecule has 18 heavy (non-hydrogen) atoms. The second kappa shape index (κ2) is 5.24. The molecule has 0 aliphatic carbocycles. The molecule has 0 aliphatic rings. The smallest absolute Gasteiger partial charge is 0.141 e. The van der Waals surface area contributed by atoms with Gasteiger partial charge in [0.1, 0.15) is 22.4 Å². The summed E-state index contributed by atoms with van der Waals surface area (Å²) in [5, 5.41) is 3.93. The molecule has 0 radical (unpaired) electrons. The number of para-hydroxylation sites is 1. The highest BCUT2D eigenvalue weighted by Gasteiger charge is 2.18. The molecule has 0 saturated heterocycles. The van der Waals surface area contributed by atoms with Crippen LogP contribution < -0.4 is 4.74 Å². The van der Waals surface area contributed by atoms with Gasteiger partial charge in [0.05, 0.1) is 0 Å². The van der Waals surface area contributed by atoms with Crippen LogP contribution in [0.15, 0.2) is 24.3 Å². The zero-order chi connectivity index (χ0) is 13.2. The molecule has 0 saturated carbocycles. The molecule has 1 heterocycles. The van der Waals surface area contributed by atoms with E-state index in [9.17, 15) is 0 Å². The van der Waals surface area contributed by atoms with Gasteiger partial charge in [-0.25, -0.2) is 0 Å². The fourth-order valence-corrected chi connectivity index (χ4v) is 2.24. The van der Waals surface area contributed by atoms with E-state index in [1.165, 1.54) is 17.1 Å². The fraction of sp³-hybridized carbons (Fsp3) is 0.385. The number of benzene rings is 1. The van der Waals surface area contributed by atoms with Crippen molar-refractivity contribution in [3.8, 4) is 5.75 Å². The van der Waals surface area contributed by atoms with Crippen LogP contribution in [0.5, 0.6) is 5.75 Å². The minimum Gasteiger partial charge on any atom is -0.487 e. The molecule has 0 aliphatic heterocycles. The Labute approximate surface area is 116 Å². The van der Waals surface area contributed by atoms with Gasteiger partial charge in [-0.05, 0) is 17.0 Å². The normalized spacial score (nSPS) is 11.6. The van der Waals surface area contributed by atoms with Crippen molar-refractivity contribution in [3.05, 3.63) is 39.9 Å². The van der Waals surface area contributed by atoms with E-state index >= 15 is 0 Å². The molecular weight excluding hydrogens is 268 g/mol. The van der Waals surface area contributed by atoms with Gasteiger partial charge >= 0.3 is 0 Å². The molecule has 0 bridgehead atoms. The number of halogens is 1. The van der Waals surface area contributed by atoms with Crippen molar-refractivity contribution in [2.24, 2.45) is 0 Å². The summed E-state index contributed by atoms with van der Waals surface area (Å²) in [6, 6.07) is 8.03. The van der Waals surface area contributed by atoms with E-state index in [0.29, 0.717) is 16.6 Å². The average molecular weight is 283 g/mol. The number of nitrogens with zero attached hydrogens (tertiary/aromatic N) is 2. The van der Waals surface area contributed by atoms with Crippen molar-refractivity contribution in [2.75, 3.05) is 0 Å². The van der Waals surface area contributed by atoms with Crippen LogP contribution in [0, 0.1) is 0 Å². The second-order valence-corrected chi connectivity index (χ2v) is 6.38. The molecule has 1 aromatic carbocycles. The van der Waals surface area contributed by atoms with E-state index in [2.05, 4.69) is 36.4 Å². The Bertz CT molecular complexity index is 534. The number of hydrogen-bond donors (Lipinski definition) is 0. The summed E-state index contributed by atoms with van der Waals surface area (Å²) in [6.45, 7) is 6.83. The number of ether oxygens (including phenoxy) is 1. The van der Waals surface area contributed by atoms with Gasteiger partial charge in [-0.3, -0.25) is 0 Å². The minimum absolute atomic E-state index is 0.0424. The van der Waals surface area contributed by atoms with Gasteiger partial charge in [0.2, 0.25) is 0 Å². The van der Waals surface area contributed by atoms with Gasteiger partial charge < -0.3 is 4.74 Å². The van der Waals surface area contributed by atoms with E-state index in [1.807, 2.05) is 18.2 Å². The molecule has 0 N–H and O–H groups in total. The second-order valence-electron chi connectivity index (χ2n) is 5.03. The number of rotatable bonds is 3. The molecule has 0 fully saturated rings. The summed E-state index contributed by atoms with van der Waals surface area (Å²) < 4.78 is 10.2. The lowest BCUT2D eigenvalue weighted by molar-refractivity contribution is 0.293. The highest BCUT2D eigenvalue weighted by molar-refractivity contribution is 7.10. The van der Waals surface area contributed by atoms with Crippen molar-refractivity contribution in [3.63, 3.8) is 0 Å². The number of aromatic nitrogens is 2. The van der Waals surface area contributed by atoms with Crippen molar-refractivity contribution < 1.29 is 4.74 Å². The first-order chi connectivity index (χ1) is 8.48. The van der Waals surface area contributed by atoms with Crippen LogP contribution in [-0.4, -0.2) is 9.59 Å². The zero-order valence-electron chi connectivity index (χ0n) is 10.6. The first-order valence-electron chi connectivity index (χ1n) is 5.67. The quantitative estimate of drug-likeness (QED) is 0.851. The summed E-state index contributed by atoms with van der Waals surface area (Å²) in [7, 11) is 0. The largest absolute Gasteiger partial charge is 0.487 e. The van der Waals surface area contributed by atoms with Gasteiger partial charge in [0, 0.05) is 11.5 Å². The van der Waals surface area contributed by atoms with Crippen LogP contribution in [0.4, 0.5) is 0 Å². The monoisotopic (exact) mass is 282 g/mol. The van der Waals surface area contributed by atoms with Crippen LogP contribution in [0.1, 0.15) is 32.0 Å². The summed E-state index contributed by atoms with van der Waals surface area (Å²) in [5.74, 6) is 0.870. The zero-order valence-corrected chi connectivity index (χ0v) is 12.2. The summed E-state index contributed by atoms with van der Waals surface area (Å²) in [4.78, 5) is 0. The maximum Gasteiger partial charge on any atom is 0.141 e. The van der Waals surface area contributed by atoms with Crippen molar-refractivity contribution >= 4 is 23.1 Å². The molecule has 0 spiro atoms. The molecule has 0 atom stereocenters. The molecule has 0 unspecified atom stereocenters. The average Bonchev–Trinajstić information content (AvgIpc) is 2.71. The molecule has 2 rings (SSSR count). The van der Waals surface area contributed by atoms with E-state index < -0.39 is 0 Å². The summed E-state index contributed by atoms with van der Waals surface area (Å²) in [5.41, 5.74) is 1.90. The highest BCUT2D eigenvalue weighted by Crippen LogP contribution is 2.31. The van der Waals surface area contributed by atoms with E-state index in [-0.39, 0.29) is 5.41 Å². The Kier molecular flexibility index (Phi) is 3.88. The molecular formula is C13H15ClN2OS. The Balaban J connectivity index is 2.17. The molecule has 2 aromatic rings. The molecule has 1 aromatic heterocycles. The maximum atomic E-state index is 5.95. The van der Waals surface area contributed by atoms with E-state index in [4.69, 9.17) is 16.3 Å². The van der Waals surface area contributed by atoms with Crippen LogP contribution in [0.3, 0.4) is 0 Å². The third-order valence-corrected chi connectivity index (χ3v) is 3.55. The third-order valence-electron chi connectivity index (χ3n) is 2.57. The first-order valence-corrected chi connectivity index (χ1v) is 6.82.